The third kappa shape index (κ3) is 4.75. The van der Waals surface area contributed by atoms with Crippen molar-refractivity contribution >= 4 is 29.5 Å². The van der Waals surface area contributed by atoms with Crippen LogP contribution in [0.5, 0.6) is 0 Å². The van der Waals surface area contributed by atoms with Gasteiger partial charge in [0.05, 0.1) is 0 Å². The lowest BCUT2D eigenvalue weighted by Crippen LogP contribution is -2.20. The molecule has 0 aliphatic rings. The molecule has 0 radical (unpaired) electrons. The van der Waals surface area contributed by atoms with Crippen molar-refractivity contribution in [2.45, 2.75) is 6.54 Å². The Hall–Kier alpha value is -2.59. The van der Waals surface area contributed by atoms with Gasteiger partial charge in [0.1, 0.15) is 0 Å². The minimum Gasteiger partial charge on any atom is -0.366 e. The summed E-state index contributed by atoms with van der Waals surface area (Å²) in [7, 11) is 0. The maximum absolute atomic E-state index is 11.8. The Bertz CT molecular complexity index is 726. The van der Waals surface area contributed by atoms with Gasteiger partial charge in [-0.3, -0.25) is 9.59 Å². The number of halogens is 1. The highest BCUT2D eigenvalue weighted by atomic mass is 35.5. The Kier molecular flexibility index (Phi) is 5.33. The molecule has 0 unspecified atom stereocenters. The number of amides is 2. The van der Waals surface area contributed by atoms with E-state index in [1.54, 1.807) is 36.4 Å². The minimum atomic E-state index is -0.492. The Labute approximate surface area is 133 Å². The first kappa shape index (κ1) is 15.8. The molecule has 0 fully saturated rings. The summed E-state index contributed by atoms with van der Waals surface area (Å²) < 4.78 is 0. The molecular formula is C17H15ClN2O2. The van der Waals surface area contributed by atoms with Crippen molar-refractivity contribution in [1.82, 2.24) is 5.32 Å². The van der Waals surface area contributed by atoms with Crippen LogP contribution in [0.15, 0.2) is 54.6 Å². The lowest BCUT2D eigenvalue weighted by Gasteiger charge is -2.04. The summed E-state index contributed by atoms with van der Waals surface area (Å²) in [5.41, 5.74) is 7.28. The molecule has 0 bridgehead atoms. The van der Waals surface area contributed by atoms with E-state index in [1.807, 2.05) is 18.2 Å². The molecular weight excluding hydrogens is 300 g/mol. The smallest absolute Gasteiger partial charge is 0.248 e. The SMILES string of the molecule is NC(=O)c1cccc(CNC(=O)/C=C/c2cccc(Cl)c2)c1. The van der Waals surface area contributed by atoms with Crippen LogP contribution >= 0.6 is 11.6 Å². The summed E-state index contributed by atoms with van der Waals surface area (Å²) >= 11 is 5.87. The number of nitrogens with two attached hydrogens (primary N) is 1. The summed E-state index contributed by atoms with van der Waals surface area (Å²) in [5, 5.41) is 3.36. The van der Waals surface area contributed by atoms with E-state index in [0.29, 0.717) is 17.1 Å². The number of nitrogens with one attached hydrogen (secondary N) is 1. The first-order valence-electron chi connectivity index (χ1n) is 6.65. The summed E-state index contributed by atoms with van der Waals surface area (Å²) in [6.45, 7) is 0.319. The van der Waals surface area contributed by atoms with Crippen LogP contribution in [0.4, 0.5) is 0 Å². The Balaban J connectivity index is 1.93. The zero-order chi connectivity index (χ0) is 15.9. The zero-order valence-corrected chi connectivity index (χ0v) is 12.5. The molecule has 5 heteroatoms. The van der Waals surface area contributed by atoms with Crippen molar-refractivity contribution < 1.29 is 9.59 Å². The Morgan fingerprint density at radius 3 is 2.64 bits per heavy atom. The topological polar surface area (TPSA) is 72.2 Å². The second-order valence-electron chi connectivity index (χ2n) is 4.67. The van der Waals surface area contributed by atoms with Gasteiger partial charge in [-0.1, -0.05) is 35.9 Å². The number of hydrogen-bond acceptors (Lipinski definition) is 2. The van der Waals surface area contributed by atoms with Crippen LogP contribution in [0.2, 0.25) is 5.02 Å². The van der Waals surface area contributed by atoms with Gasteiger partial charge in [-0.15, -0.1) is 0 Å². The number of primary amides is 1. The summed E-state index contributed by atoms with van der Waals surface area (Å²) in [5.74, 6) is -0.724. The van der Waals surface area contributed by atoms with Crippen molar-refractivity contribution in [3.05, 3.63) is 76.3 Å². The van der Waals surface area contributed by atoms with Crippen molar-refractivity contribution in [1.29, 1.82) is 0 Å². The molecule has 0 saturated heterocycles. The molecule has 3 N–H and O–H groups in total. The first-order chi connectivity index (χ1) is 10.5. The Morgan fingerprint density at radius 2 is 1.91 bits per heavy atom. The van der Waals surface area contributed by atoms with Crippen molar-refractivity contribution in [3.63, 3.8) is 0 Å². The predicted molar refractivity (Wildman–Crippen MR) is 87.3 cm³/mol. The highest BCUT2D eigenvalue weighted by Crippen LogP contribution is 2.11. The van der Waals surface area contributed by atoms with Gasteiger partial charge in [-0.05, 0) is 41.5 Å². The van der Waals surface area contributed by atoms with Crippen molar-refractivity contribution in [2.75, 3.05) is 0 Å². The van der Waals surface area contributed by atoms with Crippen molar-refractivity contribution in [2.24, 2.45) is 5.73 Å². The first-order valence-corrected chi connectivity index (χ1v) is 7.02. The fraction of sp³-hybridized carbons (Fsp3) is 0.0588. The van der Waals surface area contributed by atoms with E-state index in [4.69, 9.17) is 17.3 Å². The molecule has 2 amide bonds. The van der Waals surface area contributed by atoms with Crippen LogP contribution in [0.25, 0.3) is 6.08 Å². The molecule has 0 aliphatic carbocycles. The van der Waals surface area contributed by atoms with Gasteiger partial charge in [0.25, 0.3) is 0 Å². The highest BCUT2D eigenvalue weighted by Gasteiger charge is 2.02. The fourth-order valence-corrected chi connectivity index (χ4v) is 2.06. The molecule has 0 aliphatic heterocycles. The number of carbonyl (C=O) groups excluding carboxylic acids is 2. The normalized spacial score (nSPS) is 10.6. The van der Waals surface area contributed by atoms with E-state index in [2.05, 4.69) is 5.32 Å². The summed E-state index contributed by atoms with van der Waals surface area (Å²) in [4.78, 5) is 22.9. The van der Waals surface area contributed by atoms with E-state index in [1.165, 1.54) is 6.08 Å². The van der Waals surface area contributed by atoms with Gasteiger partial charge < -0.3 is 11.1 Å². The van der Waals surface area contributed by atoms with E-state index in [-0.39, 0.29) is 5.91 Å². The zero-order valence-electron chi connectivity index (χ0n) is 11.8. The molecule has 112 valence electrons. The lowest BCUT2D eigenvalue weighted by atomic mass is 10.1. The van der Waals surface area contributed by atoms with Crippen LogP contribution in [0.1, 0.15) is 21.5 Å². The number of benzene rings is 2. The number of rotatable bonds is 5. The molecule has 4 nitrogen and oxygen atoms in total. The van der Waals surface area contributed by atoms with E-state index >= 15 is 0 Å². The molecule has 0 spiro atoms. The summed E-state index contributed by atoms with van der Waals surface area (Å²) in [6, 6.07) is 14.0. The van der Waals surface area contributed by atoms with Crippen LogP contribution in [-0.4, -0.2) is 11.8 Å². The molecule has 0 heterocycles. The number of carbonyl (C=O) groups is 2. The van der Waals surface area contributed by atoms with Gasteiger partial charge >= 0.3 is 0 Å². The third-order valence-corrected chi connectivity index (χ3v) is 3.19. The van der Waals surface area contributed by atoms with E-state index in [9.17, 15) is 9.59 Å². The quantitative estimate of drug-likeness (QED) is 0.833. The van der Waals surface area contributed by atoms with Gasteiger partial charge in [0.15, 0.2) is 0 Å². The lowest BCUT2D eigenvalue weighted by molar-refractivity contribution is -0.116. The summed E-state index contributed by atoms with van der Waals surface area (Å²) in [6.07, 6.45) is 3.12. The molecule has 0 saturated carbocycles. The standard InChI is InChI=1S/C17H15ClN2O2/c18-15-6-2-3-12(10-15)7-8-16(21)20-11-13-4-1-5-14(9-13)17(19)22/h1-10H,11H2,(H2,19,22)(H,20,21)/b8-7+. The fourth-order valence-electron chi connectivity index (χ4n) is 1.86. The molecule has 2 aromatic rings. The molecule has 22 heavy (non-hydrogen) atoms. The van der Waals surface area contributed by atoms with Crippen molar-refractivity contribution in [3.8, 4) is 0 Å². The maximum atomic E-state index is 11.8. The van der Waals surface area contributed by atoms with Crippen LogP contribution in [-0.2, 0) is 11.3 Å². The number of hydrogen-bond donors (Lipinski definition) is 2. The molecule has 2 rings (SSSR count). The second kappa shape index (κ2) is 7.43. The highest BCUT2D eigenvalue weighted by molar-refractivity contribution is 6.30. The second-order valence-corrected chi connectivity index (χ2v) is 5.11. The molecule has 2 aromatic carbocycles. The van der Waals surface area contributed by atoms with Gasteiger partial charge in [0.2, 0.25) is 11.8 Å². The van der Waals surface area contributed by atoms with Crippen LogP contribution in [0.3, 0.4) is 0 Å². The maximum Gasteiger partial charge on any atom is 0.248 e. The van der Waals surface area contributed by atoms with Crippen LogP contribution in [0, 0.1) is 0 Å². The predicted octanol–water partition coefficient (Wildman–Crippen LogP) is 2.77. The Morgan fingerprint density at radius 1 is 1.14 bits per heavy atom. The largest absolute Gasteiger partial charge is 0.366 e. The van der Waals surface area contributed by atoms with E-state index < -0.39 is 5.91 Å². The van der Waals surface area contributed by atoms with Gasteiger partial charge in [0, 0.05) is 23.2 Å². The minimum absolute atomic E-state index is 0.232. The third-order valence-electron chi connectivity index (χ3n) is 2.95. The van der Waals surface area contributed by atoms with E-state index in [0.717, 1.165) is 11.1 Å². The average Bonchev–Trinajstić information content (AvgIpc) is 2.51. The monoisotopic (exact) mass is 314 g/mol. The van der Waals surface area contributed by atoms with Crippen LogP contribution < -0.4 is 11.1 Å². The average molecular weight is 315 g/mol. The van der Waals surface area contributed by atoms with Gasteiger partial charge in [-0.25, -0.2) is 0 Å². The molecule has 0 aromatic heterocycles. The molecule has 0 atom stereocenters. The van der Waals surface area contributed by atoms with Gasteiger partial charge in [-0.2, -0.15) is 0 Å².